The van der Waals surface area contributed by atoms with Gasteiger partial charge in [0.15, 0.2) is 0 Å². The van der Waals surface area contributed by atoms with Gasteiger partial charge in [-0.3, -0.25) is 0 Å². The van der Waals surface area contributed by atoms with Crippen molar-refractivity contribution in [2.75, 3.05) is 6.61 Å². The molecule has 0 amide bonds. The number of rotatable bonds is 1. The molecule has 0 spiro atoms. The summed E-state index contributed by atoms with van der Waals surface area (Å²) in [5, 5.41) is 12.5. The lowest BCUT2D eigenvalue weighted by molar-refractivity contribution is -0.0255. The van der Waals surface area contributed by atoms with Crippen LogP contribution in [0.25, 0.3) is 0 Å². The van der Waals surface area contributed by atoms with E-state index in [2.05, 4.69) is 19.2 Å². The summed E-state index contributed by atoms with van der Waals surface area (Å²) in [6, 6.07) is 0.370. The molecule has 3 fully saturated rings. The van der Waals surface area contributed by atoms with E-state index >= 15 is 0 Å². The third-order valence-electron chi connectivity index (χ3n) is 3.52. The number of aliphatic hydroxyl groups excluding tert-OH is 1. The Kier molecular flexibility index (Phi) is 1.52. The van der Waals surface area contributed by atoms with Crippen molar-refractivity contribution in [3.8, 4) is 0 Å². The molecule has 2 nitrogen and oxygen atoms in total. The maximum absolute atomic E-state index is 9.06. The molecule has 11 heavy (non-hydrogen) atoms. The van der Waals surface area contributed by atoms with E-state index in [0.717, 1.165) is 11.8 Å². The third-order valence-corrected chi connectivity index (χ3v) is 3.52. The molecule has 1 atom stereocenters. The average Bonchev–Trinajstić information content (AvgIpc) is 1.81. The zero-order valence-corrected chi connectivity index (χ0v) is 7.30. The monoisotopic (exact) mass is 155 g/mol. The van der Waals surface area contributed by atoms with Gasteiger partial charge in [-0.15, -0.1) is 0 Å². The van der Waals surface area contributed by atoms with Crippen LogP contribution in [0, 0.1) is 11.8 Å². The molecule has 2 saturated heterocycles. The first-order chi connectivity index (χ1) is 5.13. The first-order valence-corrected chi connectivity index (χ1v) is 4.52. The Balaban J connectivity index is 2.08. The first kappa shape index (κ1) is 7.56. The number of hydrogen-bond acceptors (Lipinski definition) is 2. The summed E-state index contributed by atoms with van der Waals surface area (Å²) in [4.78, 5) is 0. The van der Waals surface area contributed by atoms with Crippen LogP contribution in [0.4, 0.5) is 0 Å². The fourth-order valence-corrected chi connectivity index (χ4v) is 2.49. The standard InChI is InChI=1S/C9H17NO/c1-9(2)7-3-6(4-7)8(5-11)10-9/h6-8,10-11H,3-5H2,1-2H3. The van der Waals surface area contributed by atoms with E-state index < -0.39 is 0 Å². The molecule has 0 aromatic carbocycles. The molecule has 3 aliphatic rings. The van der Waals surface area contributed by atoms with Crippen LogP contribution in [-0.2, 0) is 0 Å². The van der Waals surface area contributed by atoms with Crippen LogP contribution in [0.5, 0.6) is 0 Å². The molecule has 0 aromatic rings. The normalized spacial score (nSPS) is 46.6. The average molecular weight is 155 g/mol. The van der Waals surface area contributed by atoms with Gasteiger partial charge < -0.3 is 10.4 Å². The summed E-state index contributed by atoms with van der Waals surface area (Å²) in [7, 11) is 0. The Bertz CT molecular complexity index is 161. The van der Waals surface area contributed by atoms with Gasteiger partial charge in [-0.2, -0.15) is 0 Å². The molecule has 2 N–H and O–H groups in total. The Labute approximate surface area is 68.0 Å². The fourth-order valence-electron chi connectivity index (χ4n) is 2.49. The van der Waals surface area contributed by atoms with E-state index in [0.29, 0.717) is 12.6 Å². The summed E-state index contributed by atoms with van der Waals surface area (Å²) in [6.07, 6.45) is 2.65. The predicted octanol–water partition coefficient (Wildman–Crippen LogP) is 0.755. The highest BCUT2D eigenvalue weighted by atomic mass is 16.3. The summed E-state index contributed by atoms with van der Waals surface area (Å²) in [6.45, 7) is 4.80. The van der Waals surface area contributed by atoms with E-state index in [1.165, 1.54) is 12.8 Å². The molecule has 0 radical (unpaired) electrons. The Morgan fingerprint density at radius 3 is 2.45 bits per heavy atom. The van der Waals surface area contributed by atoms with Crippen molar-refractivity contribution in [3.63, 3.8) is 0 Å². The summed E-state index contributed by atoms with van der Waals surface area (Å²) >= 11 is 0. The van der Waals surface area contributed by atoms with Crippen molar-refractivity contribution < 1.29 is 5.11 Å². The number of fused-ring (bicyclic) bond motifs is 2. The van der Waals surface area contributed by atoms with Gasteiger partial charge in [0.05, 0.1) is 6.61 Å². The molecule has 3 rings (SSSR count). The maximum atomic E-state index is 9.06. The second-order valence-electron chi connectivity index (χ2n) is 4.58. The SMILES string of the molecule is CC1(C)NC(CO)C2CC1C2. The number of piperidine rings is 2. The van der Waals surface area contributed by atoms with Crippen molar-refractivity contribution in [2.24, 2.45) is 11.8 Å². The fraction of sp³-hybridized carbons (Fsp3) is 1.00. The highest BCUT2D eigenvalue weighted by Gasteiger charge is 2.49. The van der Waals surface area contributed by atoms with Gasteiger partial charge in [-0.05, 0) is 38.5 Å². The summed E-state index contributed by atoms with van der Waals surface area (Å²) < 4.78 is 0. The highest BCUT2D eigenvalue weighted by molar-refractivity contribution is 5.05. The van der Waals surface area contributed by atoms with E-state index in [9.17, 15) is 0 Å². The molecule has 1 aliphatic carbocycles. The van der Waals surface area contributed by atoms with Gasteiger partial charge in [0.1, 0.15) is 0 Å². The van der Waals surface area contributed by atoms with Crippen LogP contribution in [0.3, 0.4) is 0 Å². The van der Waals surface area contributed by atoms with Gasteiger partial charge >= 0.3 is 0 Å². The minimum atomic E-state index is 0.266. The third kappa shape index (κ3) is 1.00. The van der Waals surface area contributed by atoms with E-state index in [1.807, 2.05) is 0 Å². The zero-order valence-electron chi connectivity index (χ0n) is 7.30. The van der Waals surface area contributed by atoms with Crippen LogP contribution in [0.2, 0.25) is 0 Å². The lowest BCUT2D eigenvalue weighted by Gasteiger charge is -2.56. The molecular weight excluding hydrogens is 138 g/mol. The second kappa shape index (κ2) is 2.20. The molecule has 2 bridgehead atoms. The van der Waals surface area contributed by atoms with Gasteiger partial charge in [0, 0.05) is 11.6 Å². The van der Waals surface area contributed by atoms with Crippen LogP contribution in [0.1, 0.15) is 26.7 Å². The summed E-state index contributed by atoms with van der Waals surface area (Å²) in [5.41, 5.74) is 0.266. The first-order valence-electron chi connectivity index (χ1n) is 4.52. The van der Waals surface area contributed by atoms with Crippen molar-refractivity contribution in [2.45, 2.75) is 38.3 Å². The highest BCUT2D eigenvalue weighted by Crippen LogP contribution is 2.47. The second-order valence-corrected chi connectivity index (χ2v) is 4.58. The number of nitrogens with one attached hydrogen (secondary N) is 1. The van der Waals surface area contributed by atoms with E-state index in [4.69, 9.17) is 5.11 Å². The summed E-state index contributed by atoms with van der Waals surface area (Å²) in [5.74, 6) is 1.62. The topological polar surface area (TPSA) is 32.3 Å². The number of aliphatic hydroxyl groups is 1. The maximum Gasteiger partial charge on any atom is 0.0587 e. The van der Waals surface area contributed by atoms with Crippen LogP contribution < -0.4 is 5.32 Å². The van der Waals surface area contributed by atoms with E-state index in [1.54, 1.807) is 0 Å². The predicted molar refractivity (Wildman–Crippen MR) is 44.3 cm³/mol. The quantitative estimate of drug-likeness (QED) is 0.586. The minimum absolute atomic E-state index is 0.266. The Morgan fingerprint density at radius 2 is 2.09 bits per heavy atom. The Morgan fingerprint density at radius 1 is 1.45 bits per heavy atom. The van der Waals surface area contributed by atoms with Gasteiger partial charge in [0.25, 0.3) is 0 Å². The molecule has 2 aliphatic heterocycles. The molecule has 1 saturated carbocycles. The van der Waals surface area contributed by atoms with Crippen LogP contribution in [-0.4, -0.2) is 23.3 Å². The lowest BCUT2D eigenvalue weighted by Crippen LogP contribution is -2.66. The van der Waals surface area contributed by atoms with Gasteiger partial charge in [0.2, 0.25) is 0 Å². The van der Waals surface area contributed by atoms with E-state index in [-0.39, 0.29) is 5.54 Å². The minimum Gasteiger partial charge on any atom is -0.395 e. The van der Waals surface area contributed by atoms with Crippen molar-refractivity contribution in [3.05, 3.63) is 0 Å². The lowest BCUT2D eigenvalue weighted by atomic mass is 9.59. The largest absolute Gasteiger partial charge is 0.395 e. The van der Waals surface area contributed by atoms with Gasteiger partial charge in [-0.1, -0.05) is 0 Å². The van der Waals surface area contributed by atoms with Crippen molar-refractivity contribution in [1.82, 2.24) is 5.32 Å². The molecule has 64 valence electrons. The smallest absolute Gasteiger partial charge is 0.0587 e. The molecule has 2 heterocycles. The molecule has 2 heteroatoms. The molecule has 0 aromatic heterocycles. The molecular formula is C9H17NO. The van der Waals surface area contributed by atoms with Crippen LogP contribution >= 0.6 is 0 Å². The molecule has 1 unspecified atom stereocenters. The number of hydrogen-bond donors (Lipinski definition) is 2. The Hall–Kier alpha value is -0.0800. The van der Waals surface area contributed by atoms with Crippen molar-refractivity contribution in [1.29, 1.82) is 0 Å². The zero-order chi connectivity index (χ0) is 8.06. The van der Waals surface area contributed by atoms with Crippen molar-refractivity contribution >= 4 is 0 Å². The van der Waals surface area contributed by atoms with Gasteiger partial charge in [-0.25, -0.2) is 0 Å². The van der Waals surface area contributed by atoms with Crippen LogP contribution in [0.15, 0.2) is 0 Å².